The highest BCUT2D eigenvalue weighted by Crippen LogP contribution is 2.21. The van der Waals surface area contributed by atoms with E-state index in [4.69, 9.17) is 4.74 Å². The van der Waals surface area contributed by atoms with Gasteiger partial charge in [-0.05, 0) is 25.5 Å². The maximum atomic E-state index is 5.67. The van der Waals surface area contributed by atoms with Crippen LogP contribution in [0.4, 0.5) is 0 Å². The molecule has 1 aromatic carbocycles. The van der Waals surface area contributed by atoms with Crippen molar-refractivity contribution in [3.63, 3.8) is 0 Å². The molecule has 1 aromatic heterocycles. The lowest BCUT2D eigenvalue weighted by Gasteiger charge is -2.09. The topological polar surface area (TPSA) is 26.2 Å². The standard InChI is InChI=1S/C17H26N2O/c1-13(2)18-11-15-12-19(9-10-20-14(3)4)17-8-6-5-7-16(15)17/h5-8,12-14,18H,9-11H2,1-4H3. The van der Waals surface area contributed by atoms with E-state index in [9.17, 15) is 0 Å². The Labute approximate surface area is 121 Å². The fraction of sp³-hybridized carbons (Fsp3) is 0.529. The first-order chi connectivity index (χ1) is 9.58. The van der Waals surface area contributed by atoms with Crippen LogP contribution in [0.5, 0.6) is 0 Å². The molecule has 2 rings (SSSR count). The van der Waals surface area contributed by atoms with E-state index < -0.39 is 0 Å². The number of rotatable bonds is 7. The Hall–Kier alpha value is -1.32. The zero-order valence-corrected chi connectivity index (χ0v) is 13.0. The molecule has 3 nitrogen and oxygen atoms in total. The van der Waals surface area contributed by atoms with Crippen LogP contribution in [0.15, 0.2) is 30.5 Å². The maximum Gasteiger partial charge on any atom is 0.0649 e. The molecule has 0 bridgehead atoms. The Bertz CT molecular complexity index is 543. The van der Waals surface area contributed by atoms with Gasteiger partial charge in [-0.2, -0.15) is 0 Å². The zero-order chi connectivity index (χ0) is 14.5. The molecular weight excluding hydrogens is 248 g/mol. The summed E-state index contributed by atoms with van der Waals surface area (Å²) in [5, 5.41) is 4.84. The lowest BCUT2D eigenvalue weighted by atomic mass is 10.2. The summed E-state index contributed by atoms with van der Waals surface area (Å²) in [7, 11) is 0. The molecule has 0 unspecified atom stereocenters. The Morgan fingerprint density at radius 2 is 1.90 bits per heavy atom. The normalized spacial score (nSPS) is 11.9. The number of aromatic nitrogens is 1. The van der Waals surface area contributed by atoms with Crippen molar-refractivity contribution in [2.75, 3.05) is 6.61 Å². The summed E-state index contributed by atoms with van der Waals surface area (Å²) < 4.78 is 7.97. The number of fused-ring (bicyclic) bond motifs is 1. The summed E-state index contributed by atoms with van der Waals surface area (Å²) in [6, 6.07) is 9.09. The molecule has 0 amide bonds. The predicted octanol–water partition coefficient (Wildman–Crippen LogP) is 3.56. The van der Waals surface area contributed by atoms with Gasteiger partial charge in [0, 0.05) is 36.2 Å². The van der Waals surface area contributed by atoms with E-state index in [1.165, 1.54) is 16.5 Å². The number of ether oxygens (including phenoxy) is 1. The molecule has 0 radical (unpaired) electrons. The third-order valence-electron chi connectivity index (χ3n) is 3.36. The lowest BCUT2D eigenvalue weighted by molar-refractivity contribution is 0.0733. The van der Waals surface area contributed by atoms with Gasteiger partial charge in [0.2, 0.25) is 0 Å². The Morgan fingerprint density at radius 1 is 1.15 bits per heavy atom. The smallest absolute Gasteiger partial charge is 0.0649 e. The molecule has 1 N–H and O–H groups in total. The van der Waals surface area contributed by atoms with E-state index in [-0.39, 0.29) is 0 Å². The summed E-state index contributed by atoms with van der Waals surface area (Å²) >= 11 is 0. The molecule has 0 aliphatic heterocycles. The van der Waals surface area contributed by atoms with Crippen LogP contribution < -0.4 is 5.32 Å². The molecule has 20 heavy (non-hydrogen) atoms. The van der Waals surface area contributed by atoms with Crippen LogP contribution in [0.3, 0.4) is 0 Å². The largest absolute Gasteiger partial charge is 0.377 e. The molecule has 1 heterocycles. The Morgan fingerprint density at radius 3 is 2.60 bits per heavy atom. The average Bonchev–Trinajstić information content (AvgIpc) is 2.75. The zero-order valence-electron chi connectivity index (χ0n) is 13.0. The summed E-state index contributed by atoms with van der Waals surface area (Å²) in [5.74, 6) is 0. The van der Waals surface area contributed by atoms with Gasteiger partial charge >= 0.3 is 0 Å². The first-order valence-corrected chi connectivity index (χ1v) is 7.49. The van der Waals surface area contributed by atoms with E-state index in [2.05, 4.69) is 68.0 Å². The fourth-order valence-corrected chi connectivity index (χ4v) is 2.35. The molecule has 0 fully saturated rings. The molecule has 0 saturated heterocycles. The summed E-state index contributed by atoms with van der Waals surface area (Å²) in [6.07, 6.45) is 2.54. The van der Waals surface area contributed by atoms with E-state index in [1.54, 1.807) is 0 Å². The highest BCUT2D eigenvalue weighted by Gasteiger charge is 2.08. The highest BCUT2D eigenvalue weighted by atomic mass is 16.5. The van der Waals surface area contributed by atoms with Crippen LogP contribution >= 0.6 is 0 Å². The number of hydrogen-bond acceptors (Lipinski definition) is 2. The van der Waals surface area contributed by atoms with Gasteiger partial charge in [0.05, 0.1) is 12.7 Å². The van der Waals surface area contributed by atoms with Crippen molar-refractivity contribution in [2.45, 2.75) is 52.9 Å². The van der Waals surface area contributed by atoms with Crippen molar-refractivity contribution in [3.8, 4) is 0 Å². The Kier molecular flexibility index (Phi) is 5.21. The fourth-order valence-electron chi connectivity index (χ4n) is 2.35. The van der Waals surface area contributed by atoms with Crippen molar-refractivity contribution in [1.82, 2.24) is 9.88 Å². The molecule has 0 spiro atoms. The molecular formula is C17H26N2O. The maximum absolute atomic E-state index is 5.67. The molecule has 0 saturated carbocycles. The predicted molar refractivity (Wildman–Crippen MR) is 85.0 cm³/mol. The van der Waals surface area contributed by atoms with Crippen molar-refractivity contribution in [1.29, 1.82) is 0 Å². The van der Waals surface area contributed by atoms with Gasteiger partial charge in [-0.15, -0.1) is 0 Å². The summed E-state index contributed by atoms with van der Waals surface area (Å²) in [5.41, 5.74) is 2.65. The third-order valence-corrected chi connectivity index (χ3v) is 3.36. The van der Waals surface area contributed by atoms with Gasteiger partial charge < -0.3 is 14.6 Å². The van der Waals surface area contributed by atoms with E-state index in [0.29, 0.717) is 12.1 Å². The highest BCUT2D eigenvalue weighted by molar-refractivity contribution is 5.83. The van der Waals surface area contributed by atoms with Crippen LogP contribution in [0, 0.1) is 0 Å². The van der Waals surface area contributed by atoms with Gasteiger partial charge in [0.15, 0.2) is 0 Å². The van der Waals surface area contributed by atoms with E-state index in [1.807, 2.05) is 0 Å². The minimum Gasteiger partial charge on any atom is -0.377 e. The van der Waals surface area contributed by atoms with Crippen molar-refractivity contribution in [3.05, 3.63) is 36.0 Å². The van der Waals surface area contributed by atoms with Crippen molar-refractivity contribution >= 4 is 10.9 Å². The van der Waals surface area contributed by atoms with E-state index in [0.717, 1.165) is 19.7 Å². The third kappa shape index (κ3) is 3.84. The van der Waals surface area contributed by atoms with Gasteiger partial charge in [-0.3, -0.25) is 0 Å². The van der Waals surface area contributed by atoms with Crippen molar-refractivity contribution < 1.29 is 4.74 Å². The second-order valence-corrected chi connectivity index (χ2v) is 5.82. The number of benzene rings is 1. The van der Waals surface area contributed by atoms with Gasteiger partial charge in [-0.1, -0.05) is 32.0 Å². The van der Waals surface area contributed by atoms with Gasteiger partial charge in [0.1, 0.15) is 0 Å². The number of nitrogens with zero attached hydrogens (tertiary/aromatic N) is 1. The van der Waals surface area contributed by atoms with Crippen LogP contribution in [0.1, 0.15) is 33.3 Å². The number of para-hydroxylation sites is 1. The monoisotopic (exact) mass is 274 g/mol. The molecule has 3 heteroatoms. The molecule has 2 aromatic rings. The van der Waals surface area contributed by atoms with Crippen LogP contribution in [0.2, 0.25) is 0 Å². The second-order valence-electron chi connectivity index (χ2n) is 5.82. The van der Waals surface area contributed by atoms with Crippen molar-refractivity contribution in [2.24, 2.45) is 0 Å². The first-order valence-electron chi connectivity index (χ1n) is 7.49. The quantitative estimate of drug-likeness (QED) is 0.835. The number of nitrogens with one attached hydrogen (secondary N) is 1. The lowest BCUT2D eigenvalue weighted by Crippen LogP contribution is -2.21. The number of hydrogen-bond donors (Lipinski definition) is 1. The minimum atomic E-state index is 0.291. The van der Waals surface area contributed by atoms with Gasteiger partial charge in [-0.25, -0.2) is 0 Å². The average molecular weight is 274 g/mol. The molecule has 110 valence electrons. The SMILES string of the molecule is CC(C)NCc1cn(CCOC(C)C)c2ccccc12. The van der Waals surface area contributed by atoms with Crippen LogP contribution in [-0.4, -0.2) is 23.3 Å². The van der Waals surface area contributed by atoms with Crippen LogP contribution in [0.25, 0.3) is 10.9 Å². The first kappa shape index (κ1) is 15.1. The van der Waals surface area contributed by atoms with E-state index >= 15 is 0 Å². The summed E-state index contributed by atoms with van der Waals surface area (Å²) in [6.45, 7) is 11.1. The summed E-state index contributed by atoms with van der Waals surface area (Å²) in [4.78, 5) is 0. The minimum absolute atomic E-state index is 0.291. The second kappa shape index (κ2) is 6.91. The molecule has 0 atom stereocenters. The molecule has 0 aliphatic rings. The van der Waals surface area contributed by atoms with Gasteiger partial charge in [0.25, 0.3) is 0 Å². The Balaban J connectivity index is 2.17. The van der Waals surface area contributed by atoms with Crippen LogP contribution in [-0.2, 0) is 17.8 Å². The molecule has 0 aliphatic carbocycles.